The minimum Gasteiger partial charge on any atom is -0.496 e. The van der Waals surface area contributed by atoms with Gasteiger partial charge in [-0.2, -0.15) is 0 Å². The lowest BCUT2D eigenvalue weighted by Crippen LogP contribution is -2.29. The van der Waals surface area contributed by atoms with Crippen molar-refractivity contribution in [3.8, 4) is 5.75 Å². The predicted octanol–water partition coefficient (Wildman–Crippen LogP) is 5.21. The molecular weight excluding hydrogens is 345 g/mol. The van der Waals surface area contributed by atoms with Crippen LogP contribution in [-0.4, -0.2) is 19.7 Å². The highest BCUT2D eigenvalue weighted by Crippen LogP contribution is 2.42. The van der Waals surface area contributed by atoms with Crippen LogP contribution in [0.5, 0.6) is 5.75 Å². The van der Waals surface area contributed by atoms with Gasteiger partial charge in [0.05, 0.1) is 19.3 Å². The Kier molecular flexibility index (Phi) is 7.45. The van der Waals surface area contributed by atoms with Crippen LogP contribution in [0.15, 0.2) is 40.7 Å². The first-order chi connectivity index (χ1) is 12.9. The fourth-order valence-corrected chi connectivity index (χ4v) is 3.39. The van der Waals surface area contributed by atoms with Gasteiger partial charge in [0.2, 0.25) is 0 Å². The average molecular weight is 375 g/mol. The van der Waals surface area contributed by atoms with Gasteiger partial charge in [0.1, 0.15) is 11.6 Å². The molecule has 1 aromatic rings. The first-order valence-corrected chi connectivity index (χ1v) is 9.62. The molecule has 148 valence electrons. The van der Waals surface area contributed by atoms with Crippen molar-refractivity contribution in [2.24, 2.45) is 0 Å². The lowest BCUT2D eigenvalue weighted by molar-refractivity contribution is -0.139. The number of ether oxygens (including phenoxy) is 2. The number of methoxy groups -OCH3 is 1. The van der Waals surface area contributed by atoms with E-state index >= 15 is 0 Å². The van der Waals surface area contributed by atoms with E-state index < -0.39 is 0 Å². The number of halogens is 1. The van der Waals surface area contributed by atoms with Crippen LogP contribution in [0.1, 0.15) is 64.9 Å². The molecular formula is C22H30FNO3. The molecule has 0 saturated heterocycles. The monoisotopic (exact) mass is 375 g/mol. The van der Waals surface area contributed by atoms with Crippen molar-refractivity contribution in [2.75, 3.05) is 13.7 Å². The number of nitrogens with one attached hydrogen (secondary N) is 1. The molecule has 0 saturated carbocycles. The van der Waals surface area contributed by atoms with Crippen LogP contribution in [0.25, 0.3) is 0 Å². The molecule has 0 bridgehead atoms. The van der Waals surface area contributed by atoms with Crippen LogP contribution >= 0.6 is 0 Å². The summed E-state index contributed by atoms with van der Waals surface area (Å²) in [4.78, 5) is 13.0. The summed E-state index contributed by atoms with van der Waals surface area (Å²) in [6, 6.07) is 4.46. The number of benzene rings is 1. The molecule has 1 atom stereocenters. The first-order valence-electron chi connectivity index (χ1n) is 9.62. The molecule has 1 aliphatic heterocycles. The van der Waals surface area contributed by atoms with Gasteiger partial charge < -0.3 is 14.8 Å². The number of carbonyl (C=O) groups is 1. The van der Waals surface area contributed by atoms with Gasteiger partial charge in [0, 0.05) is 28.9 Å². The van der Waals surface area contributed by atoms with Crippen LogP contribution in [0.4, 0.5) is 4.39 Å². The van der Waals surface area contributed by atoms with Crippen molar-refractivity contribution in [3.63, 3.8) is 0 Å². The van der Waals surface area contributed by atoms with E-state index in [1.54, 1.807) is 6.07 Å². The van der Waals surface area contributed by atoms with Gasteiger partial charge in [-0.15, -0.1) is 0 Å². The number of rotatable bonds is 8. The maximum absolute atomic E-state index is 13.7. The number of dihydropyridines is 1. The first kappa shape index (κ1) is 21.0. The van der Waals surface area contributed by atoms with E-state index in [-0.39, 0.29) is 17.7 Å². The molecule has 1 heterocycles. The van der Waals surface area contributed by atoms with Crippen LogP contribution in [0.2, 0.25) is 0 Å². The van der Waals surface area contributed by atoms with Crippen molar-refractivity contribution in [1.29, 1.82) is 0 Å². The van der Waals surface area contributed by atoms with E-state index in [0.717, 1.165) is 48.2 Å². The van der Waals surface area contributed by atoms with Crippen LogP contribution < -0.4 is 10.1 Å². The highest BCUT2D eigenvalue weighted by Gasteiger charge is 2.34. The molecule has 0 amide bonds. The number of esters is 1. The largest absolute Gasteiger partial charge is 0.496 e. The molecule has 0 radical (unpaired) electrons. The molecule has 0 fully saturated rings. The zero-order valence-electron chi connectivity index (χ0n) is 16.9. The summed E-state index contributed by atoms with van der Waals surface area (Å²) in [6.45, 7) is 8.50. The fourth-order valence-electron chi connectivity index (χ4n) is 3.39. The van der Waals surface area contributed by atoms with E-state index in [0.29, 0.717) is 17.9 Å². The quantitative estimate of drug-likeness (QED) is 0.500. The van der Waals surface area contributed by atoms with Gasteiger partial charge in [-0.05, 0) is 38.3 Å². The molecule has 0 aromatic heterocycles. The highest BCUT2D eigenvalue weighted by molar-refractivity contribution is 5.93. The number of allylic oxidation sites excluding steroid dienone is 3. The summed E-state index contributed by atoms with van der Waals surface area (Å²) in [5, 5.41) is 3.38. The predicted molar refractivity (Wildman–Crippen MR) is 105 cm³/mol. The Hall–Kier alpha value is -2.30. The van der Waals surface area contributed by atoms with Gasteiger partial charge in [-0.1, -0.05) is 32.8 Å². The summed E-state index contributed by atoms with van der Waals surface area (Å²) in [7, 11) is 1.52. The molecule has 1 N–H and O–H groups in total. The number of carbonyl (C=O) groups excluding carboxylic acids is 1. The molecule has 5 heteroatoms. The topological polar surface area (TPSA) is 47.6 Å². The van der Waals surface area contributed by atoms with E-state index in [9.17, 15) is 9.18 Å². The minimum absolute atomic E-state index is 0.317. The van der Waals surface area contributed by atoms with Crippen LogP contribution in [0, 0.1) is 5.82 Å². The van der Waals surface area contributed by atoms with Gasteiger partial charge in [-0.3, -0.25) is 0 Å². The van der Waals surface area contributed by atoms with Gasteiger partial charge >= 0.3 is 5.97 Å². The van der Waals surface area contributed by atoms with Crippen molar-refractivity contribution in [3.05, 3.63) is 52.1 Å². The summed E-state index contributed by atoms with van der Waals surface area (Å²) >= 11 is 0. The van der Waals surface area contributed by atoms with E-state index in [1.807, 2.05) is 13.8 Å². The molecule has 1 aliphatic rings. The molecule has 0 spiro atoms. The Bertz CT molecular complexity index is 752. The molecule has 1 aromatic carbocycles. The van der Waals surface area contributed by atoms with Gasteiger partial charge in [0.15, 0.2) is 0 Å². The van der Waals surface area contributed by atoms with Crippen molar-refractivity contribution in [2.45, 2.75) is 59.3 Å². The second-order valence-electron chi connectivity index (χ2n) is 6.88. The van der Waals surface area contributed by atoms with Crippen molar-refractivity contribution < 1.29 is 18.7 Å². The van der Waals surface area contributed by atoms with Gasteiger partial charge in [-0.25, -0.2) is 9.18 Å². The second kappa shape index (κ2) is 9.58. The van der Waals surface area contributed by atoms with Crippen LogP contribution in [-0.2, 0) is 9.53 Å². The third kappa shape index (κ3) is 4.71. The number of hydrogen-bond donors (Lipinski definition) is 1. The fraction of sp³-hybridized carbons (Fsp3) is 0.500. The van der Waals surface area contributed by atoms with Crippen LogP contribution in [0.3, 0.4) is 0 Å². The normalized spacial score (nSPS) is 17.0. The molecule has 0 aliphatic carbocycles. The minimum atomic E-state index is -0.368. The third-order valence-corrected chi connectivity index (χ3v) is 4.93. The molecule has 2 rings (SSSR count). The molecule has 1 unspecified atom stereocenters. The maximum Gasteiger partial charge on any atom is 0.336 e. The summed E-state index contributed by atoms with van der Waals surface area (Å²) < 4.78 is 24.7. The van der Waals surface area contributed by atoms with E-state index in [4.69, 9.17) is 9.47 Å². The number of unbranched alkanes of at least 4 members (excludes halogenated alkanes) is 1. The smallest absolute Gasteiger partial charge is 0.336 e. The summed E-state index contributed by atoms with van der Waals surface area (Å²) in [5.41, 5.74) is 4.25. The van der Waals surface area contributed by atoms with Crippen molar-refractivity contribution in [1.82, 2.24) is 5.32 Å². The van der Waals surface area contributed by atoms with E-state index in [1.165, 1.54) is 19.2 Å². The zero-order chi connectivity index (χ0) is 20.0. The SMILES string of the molecule is CCCCOC(=O)C1=C(CCC)NC(C)=C(C)C1c1ccc(F)cc1OC. The standard InChI is InChI=1S/C22H30FNO3/c1-6-8-12-27-22(25)21-18(9-7-2)24-15(4)14(3)20(21)17-11-10-16(23)13-19(17)26-5/h10-11,13,20,24H,6-9,12H2,1-5H3. The molecule has 4 nitrogen and oxygen atoms in total. The third-order valence-electron chi connectivity index (χ3n) is 4.93. The summed E-state index contributed by atoms with van der Waals surface area (Å²) in [5.74, 6) is -0.573. The highest BCUT2D eigenvalue weighted by atomic mass is 19.1. The Balaban J connectivity index is 2.57. The Morgan fingerprint density at radius 1 is 1.22 bits per heavy atom. The Labute approximate surface area is 161 Å². The maximum atomic E-state index is 13.7. The lowest BCUT2D eigenvalue weighted by Gasteiger charge is -2.32. The Morgan fingerprint density at radius 2 is 1.96 bits per heavy atom. The lowest BCUT2D eigenvalue weighted by atomic mass is 9.80. The Morgan fingerprint density at radius 3 is 2.59 bits per heavy atom. The average Bonchev–Trinajstić information content (AvgIpc) is 2.64. The molecule has 27 heavy (non-hydrogen) atoms. The zero-order valence-corrected chi connectivity index (χ0v) is 16.9. The van der Waals surface area contributed by atoms with Crippen molar-refractivity contribution >= 4 is 5.97 Å². The number of hydrogen-bond acceptors (Lipinski definition) is 4. The van der Waals surface area contributed by atoms with Gasteiger partial charge in [0.25, 0.3) is 0 Å². The summed E-state index contributed by atoms with van der Waals surface area (Å²) in [6.07, 6.45) is 3.42. The second-order valence-corrected chi connectivity index (χ2v) is 6.88. The van der Waals surface area contributed by atoms with E-state index in [2.05, 4.69) is 19.2 Å².